The van der Waals surface area contributed by atoms with Crippen LogP contribution in [0.25, 0.3) is 0 Å². The molecule has 0 aromatic rings. The first-order valence-electron chi connectivity index (χ1n) is 7.02. The fourth-order valence-corrected chi connectivity index (χ4v) is 3.62. The summed E-state index contributed by atoms with van der Waals surface area (Å²) in [7, 11) is 0. The Morgan fingerprint density at radius 1 is 1.19 bits per heavy atom. The summed E-state index contributed by atoms with van der Waals surface area (Å²) in [6.45, 7) is 14.1. The van der Waals surface area contributed by atoms with Crippen LogP contribution in [0, 0.1) is 29.1 Å². The molecule has 0 radical (unpaired) electrons. The fourth-order valence-electron chi connectivity index (χ4n) is 3.62. The largest absolute Gasteiger partial charge is 0.327 e. The molecule has 0 aromatic carbocycles. The molecule has 5 unspecified atom stereocenters. The predicted molar refractivity (Wildman–Crippen MR) is 72.3 cm³/mol. The van der Waals surface area contributed by atoms with E-state index in [-0.39, 0.29) is 0 Å². The maximum absolute atomic E-state index is 6.49. The number of hydrogen-bond donors (Lipinski definition) is 1. The van der Waals surface area contributed by atoms with Crippen LogP contribution in [0.2, 0.25) is 0 Å². The second kappa shape index (κ2) is 5.08. The highest BCUT2D eigenvalue weighted by atomic mass is 14.7. The Bertz CT molecular complexity index is 216. The minimum atomic E-state index is 0.418. The first kappa shape index (κ1) is 14.0. The summed E-state index contributed by atoms with van der Waals surface area (Å²) in [5.41, 5.74) is 6.91. The van der Waals surface area contributed by atoms with Crippen LogP contribution in [0.4, 0.5) is 0 Å². The molecule has 1 aliphatic rings. The average Bonchev–Trinajstić information content (AvgIpc) is 2.13. The van der Waals surface area contributed by atoms with E-state index in [2.05, 4.69) is 41.5 Å². The predicted octanol–water partition coefficient (Wildman–Crippen LogP) is 4.07. The Hall–Kier alpha value is -0.0400. The molecule has 96 valence electrons. The third kappa shape index (κ3) is 3.23. The van der Waals surface area contributed by atoms with E-state index in [4.69, 9.17) is 5.73 Å². The van der Waals surface area contributed by atoms with Gasteiger partial charge in [-0.05, 0) is 41.9 Å². The summed E-state index contributed by atoms with van der Waals surface area (Å²) in [6, 6.07) is 0.426. The highest BCUT2D eigenvalue weighted by Gasteiger charge is 2.39. The van der Waals surface area contributed by atoms with Gasteiger partial charge in [-0.3, -0.25) is 0 Å². The molecule has 0 aromatic heterocycles. The van der Waals surface area contributed by atoms with Crippen LogP contribution in [0.1, 0.15) is 60.8 Å². The van der Waals surface area contributed by atoms with Crippen molar-refractivity contribution in [3.63, 3.8) is 0 Å². The van der Waals surface area contributed by atoms with E-state index in [1.54, 1.807) is 0 Å². The lowest BCUT2D eigenvalue weighted by Gasteiger charge is -2.45. The number of rotatable bonds is 2. The molecule has 0 amide bonds. The molecular weight excluding hydrogens is 194 g/mol. The van der Waals surface area contributed by atoms with Crippen LogP contribution in [0.3, 0.4) is 0 Å². The van der Waals surface area contributed by atoms with E-state index < -0.39 is 0 Å². The van der Waals surface area contributed by atoms with Crippen LogP contribution >= 0.6 is 0 Å². The molecule has 1 aliphatic carbocycles. The van der Waals surface area contributed by atoms with Crippen molar-refractivity contribution in [3.8, 4) is 0 Å². The van der Waals surface area contributed by atoms with Gasteiger partial charge in [-0.15, -0.1) is 0 Å². The molecule has 0 saturated heterocycles. The molecule has 1 rings (SSSR count). The van der Waals surface area contributed by atoms with Gasteiger partial charge < -0.3 is 5.73 Å². The minimum Gasteiger partial charge on any atom is -0.327 e. The normalized spacial score (nSPS) is 41.1. The third-order valence-electron chi connectivity index (χ3n) is 4.63. The zero-order valence-electron chi connectivity index (χ0n) is 12.1. The lowest BCUT2D eigenvalue weighted by Crippen LogP contribution is -2.48. The average molecular weight is 225 g/mol. The second-order valence-corrected chi connectivity index (χ2v) is 7.25. The Kier molecular flexibility index (Phi) is 4.45. The zero-order valence-corrected chi connectivity index (χ0v) is 12.1. The maximum atomic E-state index is 6.49. The van der Waals surface area contributed by atoms with Gasteiger partial charge in [-0.25, -0.2) is 0 Å². The SMILES string of the molecule is CCC1C(C)C(C)CC(CC(C)(C)C)C1N. The summed E-state index contributed by atoms with van der Waals surface area (Å²) in [4.78, 5) is 0. The second-order valence-electron chi connectivity index (χ2n) is 7.25. The van der Waals surface area contributed by atoms with Crippen LogP contribution in [0.15, 0.2) is 0 Å². The summed E-state index contributed by atoms with van der Waals surface area (Å²) in [5.74, 6) is 3.11. The summed E-state index contributed by atoms with van der Waals surface area (Å²) < 4.78 is 0. The molecule has 1 nitrogen and oxygen atoms in total. The quantitative estimate of drug-likeness (QED) is 0.753. The Morgan fingerprint density at radius 3 is 2.19 bits per heavy atom. The standard InChI is InChI=1S/C15H31N/c1-7-13-11(3)10(2)8-12(14(13)16)9-15(4,5)6/h10-14H,7-9,16H2,1-6H3. The van der Waals surface area contributed by atoms with Gasteiger partial charge in [0.25, 0.3) is 0 Å². The minimum absolute atomic E-state index is 0.418. The van der Waals surface area contributed by atoms with Gasteiger partial charge in [0.2, 0.25) is 0 Å². The van der Waals surface area contributed by atoms with E-state index in [0.717, 1.165) is 23.7 Å². The van der Waals surface area contributed by atoms with Gasteiger partial charge in [-0.1, -0.05) is 48.0 Å². The van der Waals surface area contributed by atoms with Crippen LogP contribution in [-0.4, -0.2) is 6.04 Å². The first-order valence-corrected chi connectivity index (χ1v) is 7.02. The Labute approximate surface area is 102 Å². The Morgan fingerprint density at radius 2 is 1.75 bits per heavy atom. The topological polar surface area (TPSA) is 26.0 Å². The smallest absolute Gasteiger partial charge is 0.00984 e. The molecule has 0 aliphatic heterocycles. The molecule has 1 saturated carbocycles. The van der Waals surface area contributed by atoms with Gasteiger partial charge in [0.15, 0.2) is 0 Å². The van der Waals surface area contributed by atoms with Crippen LogP contribution in [0.5, 0.6) is 0 Å². The maximum Gasteiger partial charge on any atom is 0.00984 e. The molecule has 0 bridgehead atoms. The first-order chi connectivity index (χ1) is 7.26. The molecule has 1 fully saturated rings. The van der Waals surface area contributed by atoms with E-state index >= 15 is 0 Å². The number of nitrogens with two attached hydrogens (primary N) is 1. The summed E-state index contributed by atoms with van der Waals surface area (Å²) >= 11 is 0. The highest BCUT2D eigenvalue weighted by molar-refractivity contribution is 4.92. The van der Waals surface area contributed by atoms with Crippen molar-refractivity contribution in [1.29, 1.82) is 0 Å². The van der Waals surface area contributed by atoms with Gasteiger partial charge in [0, 0.05) is 6.04 Å². The third-order valence-corrected chi connectivity index (χ3v) is 4.63. The molecule has 0 spiro atoms. The van der Waals surface area contributed by atoms with Crippen LogP contribution in [-0.2, 0) is 0 Å². The molecular formula is C15H31N. The molecule has 5 atom stereocenters. The van der Waals surface area contributed by atoms with Gasteiger partial charge in [0.05, 0.1) is 0 Å². The van der Waals surface area contributed by atoms with Crippen molar-refractivity contribution in [2.75, 3.05) is 0 Å². The number of hydrogen-bond acceptors (Lipinski definition) is 1. The van der Waals surface area contributed by atoms with Crippen molar-refractivity contribution >= 4 is 0 Å². The van der Waals surface area contributed by atoms with Crippen molar-refractivity contribution in [2.24, 2.45) is 34.8 Å². The molecule has 0 heterocycles. The monoisotopic (exact) mass is 225 g/mol. The summed E-state index contributed by atoms with van der Waals surface area (Å²) in [5, 5.41) is 0. The highest BCUT2D eigenvalue weighted by Crippen LogP contribution is 2.42. The van der Waals surface area contributed by atoms with Crippen molar-refractivity contribution in [1.82, 2.24) is 0 Å². The van der Waals surface area contributed by atoms with Crippen molar-refractivity contribution in [3.05, 3.63) is 0 Å². The van der Waals surface area contributed by atoms with E-state index in [9.17, 15) is 0 Å². The van der Waals surface area contributed by atoms with Crippen molar-refractivity contribution in [2.45, 2.75) is 66.8 Å². The molecule has 1 heteroatoms. The van der Waals surface area contributed by atoms with E-state index in [1.807, 2.05) is 0 Å². The van der Waals surface area contributed by atoms with Crippen molar-refractivity contribution < 1.29 is 0 Å². The lowest BCUT2D eigenvalue weighted by molar-refractivity contribution is 0.0741. The van der Waals surface area contributed by atoms with Gasteiger partial charge in [0.1, 0.15) is 0 Å². The zero-order chi connectivity index (χ0) is 12.5. The molecule has 2 N–H and O–H groups in total. The van der Waals surface area contributed by atoms with Gasteiger partial charge >= 0.3 is 0 Å². The van der Waals surface area contributed by atoms with E-state index in [1.165, 1.54) is 19.3 Å². The summed E-state index contributed by atoms with van der Waals surface area (Å²) in [6.07, 6.45) is 3.85. The van der Waals surface area contributed by atoms with E-state index in [0.29, 0.717) is 11.5 Å². The Balaban J connectivity index is 2.72. The molecule has 16 heavy (non-hydrogen) atoms. The van der Waals surface area contributed by atoms with Crippen LogP contribution < -0.4 is 5.73 Å². The lowest BCUT2D eigenvalue weighted by atomic mass is 9.62. The van der Waals surface area contributed by atoms with Gasteiger partial charge in [-0.2, -0.15) is 0 Å². The fraction of sp³-hybridized carbons (Fsp3) is 1.00.